The predicted molar refractivity (Wildman–Crippen MR) is 116 cm³/mol. The van der Waals surface area contributed by atoms with Crippen LogP contribution in [-0.4, -0.2) is 30.4 Å². The summed E-state index contributed by atoms with van der Waals surface area (Å²) in [6.45, 7) is 0.169. The van der Waals surface area contributed by atoms with Gasteiger partial charge in [0.2, 0.25) is 0 Å². The Labute approximate surface area is 183 Å². The van der Waals surface area contributed by atoms with Crippen molar-refractivity contribution in [2.24, 2.45) is 0 Å². The number of aromatic nitrogens is 2. The van der Waals surface area contributed by atoms with E-state index in [0.717, 1.165) is 22.1 Å². The number of thioether (sulfide) groups is 1. The van der Waals surface area contributed by atoms with Crippen LogP contribution in [0.25, 0.3) is 10.8 Å². The van der Waals surface area contributed by atoms with Crippen LogP contribution in [0.15, 0.2) is 70.3 Å². The van der Waals surface area contributed by atoms with Gasteiger partial charge in [-0.1, -0.05) is 48.2 Å². The van der Waals surface area contributed by atoms with Gasteiger partial charge in [0, 0.05) is 16.7 Å². The molecule has 8 heteroatoms. The highest BCUT2D eigenvalue weighted by atomic mass is 32.2. The van der Waals surface area contributed by atoms with Crippen LogP contribution < -0.4 is 9.47 Å². The number of hydrogen-bond acceptors (Lipinski definition) is 8. The zero-order valence-corrected chi connectivity index (χ0v) is 17.8. The molecule has 1 heterocycles. The molecule has 0 saturated heterocycles. The lowest BCUT2D eigenvalue weighted by Crippen LogP contribution is -2.02. The molecular formula is C23H20N2O5S. The predicted octanol–water partition coefficient (Wildman–Crippen LogP) is 4.89. The van der Waals surface area contributed by atoms with Crippen molar-refractivity contribution in [3.63, 3.8) is 0 Å². The number of carbonyl (C=O) groups excluding carboxylic acids is 1. The van der Waals surface area contributed by atoms with E-state index in [4.69, 9.17) is 18.6 Å². The van der Waals surface area contributed by atoms with Gasteiger partial charge >= 0.3 is 5.97 Å². The van der Waals surface area contributed by atoms with Crippen molar-refractivity contribution in [2.75, 3.05) is 14.2 Å². The molecule has 158 valence electrons. The first-order valence-corrected chi connectivity index (χ1v) is 10.5. The van der Waals surface area contributed by atoms with Crippen LogP contribution in [0.5, 0.6) is 11.5 Å². The van der Waals surface area contributed by atoms with E-state index < -0.39 is 5.97 Å². The first-order chi connectivity index (χ1) is 15.2. The molecule has 4 rings (SSSR count). The van der Waals surface area contributed by atoms with E-state index >= 15 is 0 Å². The summed E-state index contributed by atoms with van der Waals surface area (Å²) < 4.78 is 21.7. The number of hydrogen-bond donors (Lipinski definition) is 0. The maximum Gasteiger partial charge on any atom is 0.337 e. The molecule has 7 nitrogen and oxygen atoms in total. The van der Waals surface area contributed by atoms with Gasteiger partial charge in [-0.15, -0.1) is 10.2 Å². The monoisotopic (exact) mass is 436 g/mol. The number of rotatable bonds is 8. The van der Waals surface area contributed by atoms with Crippen LogP contribution >= 0.6 is 11.8 Å². The molecule has 0 fully saturated rings. The second kappa shape index (κ2) is 9.53. The van der Waals surface area contributed by atoms with Crippen LogP contribution in [0.2, 0.25) is 0 Å². The summed E-state index contributed by atoms with van der Waals surface area (Å²) in [5.41, 5.74) is 1.27. The summed E-state index contributed by atoms with van der Waals surface area (Å²) in [6.07, 6.45) is 0. The topological polar surface area (TPSA) is 83.7 Å². The summed E-state index contributed by atoms with van der Waals surface area (Å²) in [5.74, 6) is 1.89. The number of ether oxygens (including phenoxy) is 3. The Morgan fingerprint density at radius 2 is 1.84 bits per heavy atom. The van der Waals surface area contributed by atoms with Gasteiger partial charge in [-0.2, -0.15) is 0 Å². The highest BCUT2D eigenvalue weighted by molar-refractivity contribution is 7.98. The van der Waals surface area contributed by atoms with Crippen molar-refractivity contribution in [3.8, 4) is 11.5 Å². The van der Waals surface area contributed by atoms with Crippen LogP contribution in [0.4, 0.5) is 0 Å². The number of fused-ring (bicyclic) bond motifs is 1. The van der Waals surface area contributed by atoms with Gasteiger partial charge in [-0.25, -0.2) is 4.79 Å². The molecule has 0 amide bonds. The Kier molecular flexibility index (Phi) is 6.37. The third-order valence-corrected chi connectivity index (χ3v) is 5.47. The fourth-order valence-corrected chi connectivity index (χ4v) is 3.85. The fourth-order valence-electron chi connectivity index (χ4n) is 3.09. The maximum absolute atomic E-state index is 11.8. The molecule has 0 aliphatic heterocycles. The van der Waals surface area contributed by atoms with Crippen LogP contribution in [0.3, 0.4) is 0 Å². The average Bonchev–Trinajstić information content (AvgIpc) is 3.28. The van der Waals surface area contributed by atoms with E-state index in [1.54, 1.807) is 25.3 Å². The SMILES string of the molecule is COC(=O)c1ccc(OC)c(CSc2nnc(COc3cccc4ccccc34)o2)c1. The van der Waals surface area contributed by atoms with Gasteiger partial charge < -0.3 is 18.6 Å². The van der Waals surface area contributed by atoms with Gasteiger partial charge in [0.05, 0.1) is 19.8 Å². The molecule has 0 atom stereocenters. The Bertz CT molecular complexity index is 1200. The molecule has 4 aromatic rings. The molecule has 0 aliphatic rings. The minimum Gasteiger partial charge on any atom is -0.496 e. The number of carbonyl (C=O) groups is 1. The molecule has 0 unspecified atom stereocenters. The minimum atomic E-state index is -0.403. The third kappa shape index (κ3) is 4.80. The summed E-state index contributed by atoms with van der Waals surface area (Å²) in [6, 6.07) is 19.0. The lowest BCUT2D eigenvalue weighted by Gasteiger charge is -2.09. The number of esters is 1. The second-order valence-corrected chi connectivity index (χ2v) is 7.46. The summed E-state index contributed by atoms with van der Waals surface area (Å²) in [4.78, 5) is 11.8. The molecule has 0 spiro atoms. The average molecular weight is 436 g/mol. The lowest BCUT2D eigenvalue weighted by atomic mass is 10.1. The molecule has 3 aromatic carbocycles. The maximum atomic E-state index is 11.8. The van der Waals surface area contributed by atoms with Gasteiger partial charge in [0.15, 0.2) is 6.61 Å². The van der Waals surface area contributed by atoms with Crippen LogP contribution in [0.1, 0.15) is 21.8 Å². The number of methoxy groups -OCH3 is 2. The Morgan fingerprint density at radius 1 is 1.00 bits per heavy atom. The molecule has 0 N–H and O–H groups in total. The highest BCUT2D eigenvalue weighted by Gasteiger charge is 2.13. The quantitative estimate of drug-likeness (QED) is 0.285. The van der Waals surface area contributed by atoms with Crippen molar-refractivity contribution in [2.45, 2.75) is 17.6 Å². The molecule has 0 radical (unpaired) electrons. The Hall–Kier alpha value is -3.52. The van der Waals surface area contributed by atoms with E-state index in [-0.39, 0.29) is 6.61 Å². The Balaban J connectivity index is 1.41. The van der Waals surface area contributed by atoms with E-state index in [1.165, 1.54) is 18.9 Å². The highest BCUT2D eigenvalue weighted by Crippen LogP contribution is 2.29. The van der Waals surface area contributed by atoms with Gasteiger partial charge in [0.1, 0.15) is 11.5 Å². The van der Waals surface area contributed by atoms with Crippen molar-refractivity contribution in [3.05, 3.63) is 77.7 Å². The third-order valence-electron chi connectivity index (χ3n) is 4.60. The van der Waals surface area contributed by atoms with E-state index in [1.807, 2.05) is 42.5 Å². The standard InChI is InChI=1S/C23H20N2O5S/c1-27-19-11-10-16(22(26)28-2)12-17(19)14-31-23-25-24-21(30-23)13-29-20-9-5-7-15-6-3-4-8-18(15)20/h3-12H,13-14H2,1-2H3. The van der Waals surface area contributed by atoms with E-state index in [9.17, 15) is 4.79 Å². The fraction of sp³-hybridized carbons (Fsp3) is 0.174. The zero-order chi connectivity index (χ0) is 21.6. The first kappa shape index (κ1) is 20.7. The summed E-state index contributed by atoms with van der Waals surface area (Å²) in [7, 11) is 2.93. The second-order valence-electron chi connectivity index (χ2n) is 6.53. The molecule has 0 saturated carbocycles. The van der Waals surface area contributed by atoms with Crippen LogP contribution in [0, 0.1) is 0 Å². The smallest absolute Gasteiger partial charge is 0.337 e. The molecule has 31 heavy (non-hydrogen) atoms. The summed E-state index contributed by atoms with van der Waals surface area (Å²) in [5, 5.41) is 10.7. The van der Waals surface area contributed by atoms with E-state index in [2.05, 4.69) is 10.2 Å². The van der Waals surface area contributed by atoms with Gasteiger partial charge in [-0.3, -0.25) is 0 Å². The van der Waals surface area contributed by atoms with Crippen LogP contribution in [-0.2, 0) is 17.1 Å². The minimum absolute atomic E-state index is 0.169. The first-order valence-electron chi connectivity index (χ1n) is 9.49. The number of nitrogens with zero attached hydrogens (tertiary/aromatic N) is 2. The van der Waals surface area contributed by atoms with Crippen molar-refractivity contribution < 1.29 is 23.4 Å². The lowest BCUT2D eigenvalue weighted by molar-refractivity contribution is 0.0600. The normalized spacial score (nSPS) is 10.8. The Morgan fingerprint density at radius 3 is 2.68 bits per heavy atom. The van der Waals surface area contributed by atoms with Crippen molar-refractivity contribution in [1.82, 2.24) is 10.2 Å². The zero-order valence-electron chi connectivity index (χ0n) is 17.0. The van der Waals surface area contributed by atoms with E-state index in [0.29, 0.717) is 28.2 Å². The number of benzene rings is 3. The van der Waals surface area contributed by atoms with Crippen molar-refractivity contribution >= 4 is 28.5 Å². The molecule has 1 aromatic heterocycles. The molecular weight excluding hydrogens is 416 g/mol. The largest absolute Gasteiger partial charge is 0.496 e. The molecule has 0 bridgehead atoms. The van der Waals surface area contributed by atoms with Gasteiger partial charge in [-0.05, 0) is 29.7 Å². The van der Waals surface area contributed by atoms with Gasteiger partial charge in [0.25, 0.3) is 11.1 Å². The van der Waals surface area contributed by atoms with Crippen molar-refractivity contribution in [1.29, 1.82) is 0 Å². The molecule has 0 aliphatic carbocycles. The summed E-state index contributed by atoms with van der Waals surface area (Å²) >= 11 is 1.35.